The lowest BCUT2D eigenvalue weighted by Crippen LogP contribution is -2.20. The number of ether oxygens (including phenoxy) is 1. The Hall–Kier alpha value is -2.82. The van der Waals surface area contributed by atoms with Crippen molar-refractivity contribution in [2.45, 2.75) is 20.4 Å². The van der Waals surface area contributed by atoms with Crippen molar-refractivity contribution in [3.8, 4) is 16.9 Å². The molecule has 5 heteroatoms. The predicted octanol–water partition coefficient (Wildman–Crippen LogP) is 3.18. The molecule has 0 amide bonds. The smallest absolute Gasteiger partial charge is 0.254 e. The molecule has 0 bridgehead atoms. The van der Waals surface area contributed by atoms with E-state index in [0.29, 0.717) is 18.1 Å². The first kappa shape index (κ1) is 15.1. The van der Waals surface area contributed by atoms with E-state index in [9.17, 15) is 4.79 Å². The molecular formula is C18H18N2O3. The van der Waals surface area contributed by atoms with E-state index in [1.807, 2.05) is 44.2 Å². The van der Waals surface area contributed by atoms with Crippen LogP contribution in [-0.2, 0) is 6.54 Å². The summed E-state index contributed by atoms with van der Waals surface area (Å²) in [6.07, 6.45) is 1.81. The third-order valence-electron chi connectivity index (χ3n) is 3.81. The first-order valence-corrected chi connectivity index (χ1v) is 7.36. The standard InChI is InChI=1S/C18H18N2O3/c1-12-18(13(2)23-19-12)15-11-20(17(21)9-16(15)22-3)10-14-7-5-4-6-8-14/h4-9,11H,10H2,1-3H3. The molecule has 5 nitrogen and oxygen atoms in total. The van der Waals surface area contributed by atoms with Crippen LogP contribution in [0.3, 0.4) is 0 Å². The Bertz CT molecular complexity index is 860. The topological polar surface area (TPSA) is 57.3 Å². The highest BCUT2D eigenvalue weighted by Gasteiger charge is 2.17. The van der Waals surface area contributed by atoms with E-state index < -0.39 is 0 Å². The molecule has 0 aliphatic heterocycles. The molecule has 0 saturated heterocycles. The number of aryl methyl sites for hydroxylation is 2. The molecule has 0 saturated carbocycles. The number of rotatable bonds is 4. The number of methoxy groups -OCH3 is 1. The number of pyridine rings is 1. The summed E-state index contributed by atoms with van der Waals surface area (Å²) in [4.78, 5) is 12.3. The van der Waals surface area contributed by atoms with Gasteiger partial charge in [0.1, 0.15) is 11.5 Å². The number of hydrogen-bond acceptors (Lipinski definition) is 4. The first-order chi connectivity index (χ1) is 11.1. The van der Waals surface area contributed by atoms with Crippen molar-refractivity contribution in [1.29, 1.82) is 0 Å². The Kier molecular flexibility index (Phi) is 4.02. The van der Waals surface area contributed by atoms with Gasteiger partial charge >= 0.3 is 0 Å². The molecule has 3 aromatic rings. The van der Waals surface area contributed by atoms with E-state index in [-0.39, 0.29) is 5.56 Å². The van der Waals surface area contributed by atoms with Gasteiger partial charge in [0.2, 0.25) is 0 Å². The SMILES string of the molecule is COc1cc(=O)n(Cc2ccccc2)cc1-c1c(C)noc1C. The predicted molar refractivity (Wildman–Crippen MR) is 87.8 cm³/mol. The van der Waals surface area contributed by atoms with E-state index in [1.54, 1.807) is 17.9 Å². The minimum absolute atomic E-state index is 0.110. The Balaban J connectivity index is 2.13. The van der Waals surface area contributed by atoms with Crippen LogP contribution in [0.5, 0.6) is 5.75 Å². The van der Waals surface area contributed by atoms with Crippen molar-refractivity contribution in [3.05, 3.63) is 70.0 Å². The minimum Gasteiger partial charge on any atom is -0.496 e. The molecule has 23 heavy (non-hydrogen) atoms. The Labute approximate surface area is 134 Å². The van der Waals surface area contributed by atoms with Crippen molar-refractivity contribution in [1.82, 2.24) is 9.72 Å². The number of hydrogen-bond donors (Lipinski definition) is 0. The maximum absolute atomic E-state index is 12.3. The normalized spacial score (nSPS) is 10.7. The summed E-state index contributed by atoms with van der Waals surface area (Å²) in [5, 5.41) is 3.99. The van der Waals surface area contributed by atoms with Gasteiger partial charge < -0.3 is 13.8 Å². The molecule has 0 spiro atoms. The summed E-state index contributed by atoms with van der Waals surface area (Å²) in [5.74, 6) is 1.22. The van der Waals surface area contributed by atoms with Crippen LogP contribution in [0.15, 0.2) is 51.9 Å². The number of benzene rings is 1. The zero-order chi connectivity index (χ0) is 16.4. The molecule has 2 heterocycles. The van der Waals surface area contributed by atoms with Gasteiger partial charge in [-0.15, -0.1) is 0 Å². The van der Waals surface area contributed by atoms with E-state index >= 15 is 0 Å². The zero-order valence-electron chi connectivity index (χ0n) is 13.4. The molecule has 0 radical (unpaired) electrons. The van der Waals surface area contributed by atoms with Crippen LogP contribution in [0.25, 0.3) is 11.1 Å². The second-order valence-electron chi connectivity index (χ2n) is 5.41. The molecule has 0 atom stereocenters. The molecule has 0 fully saturated rings. The van der Waals surface area contributed by atoms with Crippen LogP contribution < -0.4 is 10.3 Å². The van der Waals surface area contributed by atoms with Gasteiger partial charge in [-0.05, 0) is 19.4 Å². The van der Waals surface area contributed by atoms with Gasteiger partial charge in [-0.2, -0.15) is 0 Å². The zero-order valence-corrected chi connectivity index (χ0v) is 13.4. The largest absolute Gasteiger partial charge is 0.496 e. The fraction of sp³-hybridized carbons (Fsp3) is 0.222. The molecular weight excluding hydrogens is 292 g/mol. The van der Waals surface area contributed by atoms with E-state index in [1.165, 1.54) is 6.07 Å². The molecule has 3 rings (SSSR count). The summed E-state index contributed by atoms with van der Waals surface area (Å²) in [5.41, 5.74) is 3.39. The van der Waals surface area contributed by atoms with Gasteiger partial charge in [-0.25, -0.2) is 0 Å². The average Bonchev–Trinajstić information content (AvgIpc) is 2.89. The third-order valence-corrected chi connectivity index (χ3v) is 3.81. The molecule has 0 aliphatic rings. The lowest BCUT2D eigenvalue weighted by atomic mass is 10.1. The quantitative estimate of drug-likeness (QED) is 0.742. The summed E-state index contributed by atoms with van der Waals surface area (Å²) >= 11 is 0. The highest BCUT2D eigenvalue weighted by Crippen LogP contribution is 2.33. The van der Waals surface area contributed by atoms with Crippen LogP contribution in [0.1, 0.15) is 17.0 Å². The maximum atomic E-state index is 12.3. The summed E-state index contributed by atoms with van der Waals surface area (Å²) in [6.45, 7) is 4.22. The van der Waals surface area contributed by atoms with Gasteiger partial charge in [-0.1, -0.05) is 35.5 Å². The number of aromatic nitrogens is 2. The van der Waals surface area contributed by atoms with E-state index in [0.717, 1.165) is 22.4 Å². The lowest BCUT2D eigenvalue weighted by molar-refractivity contribution is 0.393. The van der Waals surface area contributed by atoms with Gasteiger partial charge in [0, 0.05) is 17.8 Å². The second kappa shape index (κ2) is 6.12. The Morgan fingerprint density at radius 1 is 1.22 bits per heavy atom. The lowest BCUT2D eigenvalue weighted by Gasteiger charge is -2.12. The van der Waals surface area contributed by atoms with E-state index in [2.05, 4.69) is 5.16 Å². The molecule has 1 aromatic carbocycles. The molecule has 0 N–H and O–H groups in total. The summed E-state index contributed by atoms with van der Waals surface area (Å²) < 4.78 is 12.3. The highest BCUT2D eigenvalue weighted by atomic mass is 16.5. The van der Waals surface area contributed by atoms with Gasteiger partial charge in [0.15, 0.2) is 0 Å². The molecule has 0 aliphatic carbocycles. The minimum atomic E-state index is -0.110. The average molecular weight is 310 g/mol. The highest BCUT2D eigenvalue weighted by molar-refractivity contribution is 5.72. The van der Waals surface area contributed by atoms with Gasteiger partial charge in [-0.3, -0.25) is 4.79 Å². The molecule has 118 valence electrons. The van der Waals surface area contributed by atoms with Crippen LogP contribution >= 0.6 is 0 Å². The van der Waals surface area contributed by atoms with Crippen molar-refractivity contribution in [2.24, 2.45) is 0 Å². The number of nitrogens with zero attached hydrogens (tertiary/aromatic N) is 2. The second-order valence-corrected chi connectivity index (χ2v) is 5.41. The van der Waals surface area contributed by atoms with Gasteiger partial charge in [0.25, 0.3) is 5.56 Å². The summed E-state index contributed by atoms with van der Waals surface area (Å²) in [7, 11) is 1.55. The van der Waals surface area contributed by atoms with Crippen molar-refractivity contribution < 1.29 is 9.26 Å². The maximum Gasteiger partial charge on any atom is 0.254 e. The Morgan fingerprint density at radius 3 is 2.57 bits per heavy atom. The van der Waals surface area contributed by atoms with Crippen molar-refractivity contribution >= 4 is 0 Å². The fourth-order valence-electron chi connectivity index (χ4n) is 2.68. The molecule has 2 aromatic heterocycles. The third kappa shape index (κ3) is 2.90. The molecule has 0 unspecified atom stereocenters. The van der Waals surface area contributed by atoms with Crippen molar-refractivity contribution in [2.75, 3.05) is 7.11 Å². The van der Waals surface area contributed by atoms with Crippen LogP contribution in [0.2, 0.25) is 0 Å². The first-order valence-electron chi connectivity index (χ1n) is 7.36. The van der Waals surface area contributed by atoms with Crippen molar-refractivity contribution in [3.63, 3.8) is 0 Å². The van der Waals surface area contributed by atoms with E-state index in [4.69, 9.17) is 9.26 Å². The fourth-order valence-corrected chi connectivity index (χ4v) is 2.68. The van der Waals surface area contributed by atoms with Crippen LogP contribution in [0, 0.1) is 13.8 Å². The van der Waals surface area contributed by atoms with Gasteiger partial charge in [0.05, 0.1) is 24.9 Å². The monoisotopic (exact) mass is 310 g/mol. The summed E-state index contributed by atoms with van der Waals surface area (Å²) in [6, 6.07) is 11.4. The van der Waals surface area contributed by atoms with Crippen LogP contribution in [0.4, 0.5) is 0 Å². The Morgan fingerprint density at radius 2 is 1.96 bits per heavy atom. The van der Waals surface area contributed by atoms with Crippen LogP contribution in [-0.4, -0.2) is 16.8 Å².